The zero-order valence-electron chi connectivity index (χ0n) is 9.26. The molecule has 0 saturated carbocycles. The Morgan fingerprint density at radius 2 is 2.18 bits per heavy atom. The molecule has 0 aliphatic carbocycles. The molecule has 0 radical (unpaired) electrons. The number of carbonyl (C=O) groups is 2. The number of esters is 1. The van der Waals surface area contributed by atoms with Crippen molar-refractivity contribution in [1.82, 2.24) is 0 Å². The van der Waals surface area contributed by atoms with Crippen LogP contribution in [-0.4, -0.2) is 25.7 Å². The average molecular weight is 235 g/mol. The number of carboxylic acids is 1. The highest BCUT2D eigenvalue weighted by atomic mass is 16.5. The minimum Gasteiger partial charge on any atom is -0.545 e. The molecule has 0 aliphatic rings. The largest absolute Gasteiger partial charge is 0.545 e. The van der Waals surface area contributed by atoms with Gasteiger partial charge in [-0.25, -0.2) is 4.79 Å². The molecule has 5 nitrogen and oxygen atoms in total. The van der Waals surface area contributed by atoms with Crippen molar-refractivity contribution in [2.75, 3.05) is 13.7 Å². The van der Waals surface area contributed by atoms with Gasteiger partial charge in [0.05, 0.1) is 13.1 Å². The van der Waals surface area contributed by atoms with Crippen LogP contribution in [0.4, 0.5) is 0 Å². The van der Waals surface area contributed by atoms with Crippen LogP contribution in [0.1, 0.15) is 20.7 Å². The fourth-order valence-electron chi connectivity index (χ4n) is 1.20. The summed E-state index contributed by atoms with van der Waals surface area (Å²) in [4.78, 5) is 22.1. The number of benzene rings is 1. The van der Waals surface area contributed by atoms with Gasteiger partial charge in [-0.05, 0) is 23.8 Å². The Bertz CT molecular complexity index is 450. The summed E-state index contributed by atoms with van der Waals surface area (Å²) >= 11 is 0. The Morgan fingerprint density at radius 1 is 1.47 bits per heavy atom. The minimum atomic E-state index is -1.37. The molecule has 0 aromatic heterocycles. The molecule has 1 rings (SSSR count). The van der Waals surface area contributed by atoms with E-state index in [1.165, 1.54) is 25.3 Å². The third kappa shape index (κ3) is 3.07. The number of carboxylic acid groups (broad SMARTS) is 1. The highest BCUT2D eigenvalue weighted by Crippen LogP contribution is 2.21. The first kappa shape index (κ1) is 12.8. The molecule has 0 bridgehead atoms. The molecule has 0 atom stereocenters. The SMILES string of the molecule is C=CCOc1ccc(C(=O)[O-])cc1C(=O)OC. The van der Waals surface area contributed by atoms with Crippen LogP contribution >= 0.6 is 0 Å². The van der Waals surface area contributed by atoms with Gasteiger partial charge >= 0.3 is 5.97 Å². The summed E-state index contributed by atoms with van der Waals surface area (Å²) in [5, 5.41) is 10.7. The molecule has 0 saturated heterocycles. The molecule has 0 amide bonds. The molecular formula is C12H11O5-. The van der Waals surface area contributed by atoms with E-state index in [0.29, 0.717) is 0 Å². The van der Waals surface area contributed by atoms with Gasteiger partial charge in [-0.2, -0.15) is 0 Å². The monoisotopic (exact) mass is 235 g/mol. The number of ether oxygens (including phenoxy) is 2. The lowest BCUT2D eigenvalue weighted by atomic mass is 10.1. The minimum absolute atomic E-state index is 0.0380. The molecular weight excluding hydrogens is 224 g/mol. The van der Waals surface area contributed by atoms with Crippen molar-refractivity contribution in [2.24, 2.45) is 0 Å². The van der Waals surface area contributed by atoms with E-state index in [-0.39, 0.29) is 23.5 Å². The number of hydrogen-bond acceptors (Lipinski definition) is 5. The van der Waals surface area contributed by atoms with Crippen LogP contribution in [0, 0.1) is 0 Å². The Morgan fingerprint density at radius 3 is 2.71 bits per heavy atom. The second kappa shape index (κ2) is 5.69. The summed E-state index contributed by atoms with van der Waals surface area (Å²) in [6.45, 7) is 3.67. The number of hydrogen-bond donors (Lipinski definition) is 0. The van der Waals surface area contributed by atoms with Gasteiger partial charge in [-0.3, -0.25) is 0 Å². The topological polar surface area (TPSA) is 75.7 Å². The highest BCUT2D eigenvalue weighted by Gasteiger charge is 2.14. The summed E-state index contributed by atoms with van der Waals surface area (Å²) in [5.74, 6) is -1.81. The molecule has 0 unspecified atom stereocenters. The number of carbonyl (C=O) groups excluding carboxylic acids is 2. The normalized spacial score (nSPS) is 9.47. The highest BCUT2D eigenvalue weighted by molar-refractivity contribution is 5.96. The van der Waals surface area contributed by atoms with Crippen LogP contribution in [0.15, 0.2) is 30.9 Å². The lowest BCUT2D eigenvalue weighted by Crippen LogP contribution is -2.22. The summed E-state index contributed by atoms with van der Waals surface area (Å²) in [7, 11) is 1.20. The first-order chi connectivity index (χ1) is 8.10. The van der Waals surface area contributed by atoms with Crippen molar-refractivity contribution in [3.63, 3.8) is 0 Å². The van der Waals surface area contributed by atoms with Gasteiger partial charge < -0.3 is 19.4 Å². The van der Waals surface area contributed by atoms with Crippen LogP contribution in [0.2, 0.25) is 0 Å². The Kier molecular flexibility index (Phi) is 4.28. The second-order valence-corrected chi connectivity index (χ2v) is 3.09. The van der Waals surface area contributed by atoms with E-state index in [4.69, 9.17) is 4.74 Å². The Hall–Kier alpha value is -2.30. The van der Waals surface area contributed by atoms with E-state index in [9.17, 15) is 14.7 Å². The fraction of sp³-hybridized carbons (Fsp3) is 0.167. The molecule has 1 aromatic carbocycles. The molecule has 0 fully saturated rings. The third-order valence-corrected chi connectivity index (χ3v) is 1.98. The second-order valence-electron chi connectivity index (χ2n) is 3.09. The van der Waals surface area contributed by atoms with Crippen LogP contribution in [0.25, 0.3) is 0 Å². The Labute approximate surface area is 98.3 Å². The molecule has 17 heavy (non-hydrogen) atoms. The number of aromatic carboxylic acids is 1. The number of rotatable bonds is 5. The van der Waals surface area contributed by atoms with Gasteiger partial charge in [0.25, 0.3) is 0 Å². The van der Waals surface area contributed by atoms with Gasteiger partial charge in [-0.1, -0.05) is 12.7 Å². The third-order valence-electron chi connectivity index (χ3n) is 1.98. The molecule has 0 spiro atoms. The Balaban J connectivity index is 3.16. The van der Waals surface area contributed by atoms with E-state index < -0.39 is 11.9 Å². The van der Waals surface area contributed by atoms with Crippen LogP contribution in [-0.2, 0) is 4.74 Å². The summed E-state index contributed by atoms with van der Waals surface area (Å²) in [6.07, 6.45) is 1.51. The predicted molar refractivity (Wildman–Crippen MR) is 57.8 cm³/mol. The molecule has 0 aliphatic heterocycles. The molecule has 1 aromatic rings. The van der Waals surface area contributed by atoms with Crippen molar-refractivity contribution in [2.45, 2.75) is 0 Å². The van der Waals surface area contributed by atoms with Crippen molar-refractivity contribution in [3.8, 4) is 5.75 Å². The van der Waals surface area contributed by atoms with Gasteiger partial charge in [0.15, 0.2) is 0 Å². The molecule has 0 N–H and O–H groups in total. The van der Waals surface area contributed by atoms with Gasteiger partial charge in [0.2, 0.25) is 0 Å². The number of methoxy groups -OCH3 is 1. The summed E-state index contributed by atoms with van der Waals surface area (Å²) in [5.41, 5.74) is -0.0765. The van der Waals surface area contributed by atoms with Crippen molar-refractivity contribution < 1.29 is 24.2 Å². The van der Waals surface area contributed by atoms with E-state index in [0.717, 1.165) is 6.07 Å². The van der Waals surface area contributed by atoms with Crippen molar-refractivity contribution in [1.29, 1.82) is 0 Å². The van der Waals surface area contributed by atoms with Crippen LogP contribution in [0.5, 0.6) is 5.75 Å². The molecule has 5 heteroatoms. The van der Waals surface area contributed by atoms with E-state index in [1.54, 1.807) is 0 Å². The maximum atomic E-state index is 11.4. The maximum Gasteiger partial charge on any atom is 0.341 e. The van der Waals surface area contributed by atoms with Crippen LogP contribution in [0.3, 0.4) is 0 Å². The zero-order chi connectivity index (χ0) is 12.8. The standard InChI is InChI=1S/C12H12O5/c1-3-6-17-10-5-4-8(11(13)14)7-9(10)12(15)16-2/h3-5,7H,1,6H2,2H3,(H,13,14)/p-1. The smallest absolute Gasteiger partial charge is 0.341 e. The van der Waals surface area contributed by atoms with E-state index in [2.05, 4.69) is 11.3 Å². The van der Waals surface area contributed by atoms with Gasteiger partial charge in [0.1, 0.15) is 17.9 Å². The molecule has 0 heterocycles. The van der Waals surface area contributed by atoms with Crippen LogP contribution < -0.4 is 9.84 Å². The lowest BCUT2D eigenvalue weighted by molar-refractivity contribution is -0.255. The van der Waals surface area contributed by atoms with Crippen molar-refractivity contribution >= 4 is 11.9 Å². The fourth-order valence-corrected chi connectivity index (χ4v) is 1.20. The van der Waals surface area contributed by atoms with Crippen molar-refractivity contribution in [3.05, 3.63) is 42.0 Å². The summed E-state index contributed by atoms with van der Waals surface area (Å²) < 4.78 is 9.75. The zero-order valence-corrected chi connectivity index (χ0v) is 9.26. The average Bonchev–Trinajstić information content (AvgIpc) is 2.35. The first-order valence-corrected chi connectivity index (χ1v) is 4.77. The predicted octanol–water partition coefficient (Wildman–Crippen LogP) is 0.401. The van der Waals surface area contributed by atoms with Gasteiger partial charge in [-0.15, -0.1) is 0 Å². The molecule has 90 valence electrons. The van der Waals surface area contributed by atoms with E-state index in [1.807, 2.05) is 0 Å². The first-order valence-electron chi connectivity index (χ1n) is 4.77. The van der Waals surface area contributed by atoms with E-state index >= 15 is 0 Å². The maximum absolute atomic E-state index is 11.4. The lowest BCUT2D eigenvalue weighted by Gasteiger charge is -2.11. The summed E-state index contributed by atoms with van der Waals surface area (Å²) in [6, 6.07) is 3.82. The quantitative estimate of drug-likeness (QED) is 0.545. The van der Waals surface area contributed by atoms with Gasteiger partial charge in [0, 0.05) is 0 Å².